The van der Waals surface area contributed by atoms with Gasteiger partial charge in [-0.1, -0.05) is 26.8 Å². The smallest absolute Gasteiger partial charge is 0.128 e. The molecule has 1 atom stereocenters. The molecule has 3 heteroatoms. The molecule has 1 rings (SSSR count). The molecule has 1 heterocycles. The molecular weight excluding hydrogens is 224 g/mol. The van der Waals surface area contributed by atoms with E-state index in [1.807, 2.05) is 26.0 Å². The minimum absolute atomic E-state index is 0.391. The van der Waals surface area contributed by atoms with Gasteiger partial charge in [-0.25, -0.2) is 4.98 Å². The lowest BCUT2D eigenvalue weighted by Crippen LogP contribution is -2.26. The van der Waals surface area contributed by atoms with Gasteiger partial charge in [-0.3, -0.25) is 0 Å². The topological polar surface area (TPSA) is 36.4 Å². The van der Waals surface area contributed by atoms with Crippen LogP contribution < -0.4 is 4.90 Å². The maximum atomic E-state index is 9.89. The molecule has 0 aromatic carbocycles. The van der Waals surface area contributed by atoms with Crippen molar-refractivity contribution >= 4 is 5.82 Å². The van der Waals surface area contributed by atoms with Crippen LogP contribution in [-0.2, 0) is 0 Å². The number of aliphatic hydroxyl groups is 1. The number of pyridine rings is 1. The predicted molar refractivity (Wildman–Crippen MR) is 77.0 cm³/mol. The van der Waals surface area contributed by atoms with Gasteiger partial charge in [0, 0.05) is 24.3 Å². The Labute approximate surface area is 111 Å². The Morgan fingerprint density at radius 3 is 2.22 bits per heavy atom. The van der Waals surface area contributed by atoms with Crippen molar-refractivity contribution in [2.45, 2.75) is 53.1 Å². The largest absolute Gasteiger partial charge is 0.388 e. The van der Waals surface area contributed by atoms with Gasteiger partial charge in [-0.15, -0.1) is 0 Å². The van der Waals surface area contributed by atoms with E-state index in [9.17, 15) is 5.11 Å². The van der Waals surface area contributed by atoms with Crippen LogP contribution in [-0.4, -0.2) is 23.2 Å². The molecule has 0 fully saturated rings. The molecule has 0 aliphatic rings. The van der Waals surface area contributed by atoms with Crippen molar-refractivity contribution in [3.63, 3.8) is 0 Å². The van der Waals surface area contributed by atoms with E-state index >= 15 is 0 Å². The SMILES string of the molecule is CCCN(CCC)c1ccc(C(O)CC)c(C)n1. The van der Waals surface area contributed by atoms with Crippen LogP contribution in [0.3, 0.4) is 0 Å². The van der Waals surface area contributed by atoms with Gasteiger partial charge in [0.1, 0.15) is 5.82 Å². The van der Waals surface area contributed by atoms with Gasteiger partial charge in [0.05, 0.1) is 6.10 Å². The number of aryl methyl sites for hydroxylation is 1. The number of anilines is 1. The van der Waals surface area contributed by atoms with Gasteiger partial charge in [0.15, 0.2) is 0 Å². The standard InChI is InChI=1S/C15H26N2O/c1-5-10-17(11-6-2)15-9-8-13(12(4)16-15)14(18)7-3/h8-9,14,18H,5-7,10-11H2,1-4H3. The highest BCUT2D eigenvalue weighted by Gasteiger charge is 2.12. The summed E-state index contributed by atoms with van der Waals surface area (Å²) in [4.78, 5) is 6.96. The Hall–Kier alpha value is -1.09. The zero-order valence-electron chi connectivity index (χ0n) is 12.1. The van der Waals surface area contributed by atoms with Gasteiger partial charge < -0.3 is 10.0 Å². The van der Waals surface area contributed by atoms with E-state index in [4.69, 9.17) is 0 Å². The zero-order valence-corrected chi connectivity index (χ0v) is 12.1. The summed E-state index contributed by atoms with van der Waals surface area (Å²) in [5.74, 6) is 1.03. The third-order valence-electron chi connectivity index (χ3n) is 3.17. The predicted octanol–water partition coefficient (Wildman–Crippen LogP) is 3.46. The normalized spacial score (nSPS) is 12.5. The minimum atomic E-state index is -0.391. The van der Waals surface area contributed by atoms with Crippen molar-refractivity contribution in [2.24, 2.45) is 0 Å². The van der Waals surface area contributed by atoms with Gasteiger partial charge in [0.2, 0.25) is 0 Å². The Morgan fingerprint density at radius 2 is 1.78 bits per heavy atom. The average molecular weight is 250 g/mol. The lowest BCUT2D eigenvalue weighted by Gasteiger charge is -2.24. The molecular formula is C15H26N2O. The Balaban J connectivity index is 2.93. The fourth-order valence-electron chi connectivity index (χ4n) is 2.19. The Bertz CT molecular complexity index is 360. The zero-order chi connectivity index (χ0) is 13.5. The first kappa shape index (κ1) is 15.0. The molecule has 1 N–H and O–H groups in total. The quantitative estimate of drug-likeness (QED) is 0.805. The first-order valence-electron chi connectivity index (χ1n) is 7.04. The van der Waals surface area contributed by atoms with Crippen LogP contribution in [0.1, 0.15) is 57.4 Å². The van der Waals surface area contributed by atoms with E-state index in [0.717, 1.165) is 49.4 Å². The van der Waals surface area contributed by atoms with E-state index in [1.165, 1.54) is 0 Å². The maximum Gasteiger partial charge on any atom is 0.128 e. The number of hydrogen-bond donors (Lipinski definition) is 1. The van der Waals surface area contributed by atoms with Crippen molar-refractivity contribution in [3.8, 4) is 0 Å². The van der Waals surface area contributed by atoms with Crippen molar-refractivity contribution in [3.05, 3.63) is 23.4 Å². The van der Waals surface area contributed by atoms with Crippen molar-refractivity contribution in [1.29, 1.82) is 0 Å². The lowest BCUT2D eigenvalue weighted by molar-refractivity contribution is 0.172. The first-order chi connectivity index (χ1) is 8.63. The average Bonchev–Trinajstić information content (AvgIpc) is 2.37. The Kier molecular flexibility index (Phi) is 6.13. The maximum absolute atomic E-state index is 9.89. The molecule has 0 spiro atoms. The molecule has 0 amide bonds. The molecule has 0 aliphatic carbocycles. The highest BCUT2D eigenvalue weighted by molar-refractivity contribution is 5.42. The van der Waals surface area contributed by atoms with E-state index in [2.05, 4.69) is 23.7 Å². The lowest BCUT2D eigenvalue weighted by atomic mass is 10.1. The summed E-state index contributed by atoms with van der Waals surface area (Å²) >= 11 is 0. The van der Waals surface area contributed by atoms with Crippen molar-refractivity contribution in [2.75, 3.05) is 18.0 Å². The molecule has 0 bridgehead atoms. The molecule has 18 heavy (non-hydrogen) atoms. The van der Waals surface area contributed by atoms with Gasteiger partial charge in [0.25, 0.3) is 0 Å². The second-order valence-electron chi connectivity index (χ2n) is 4.76. The summed E-state index contributed by atoms with van der Waals surface area (Å²) in [5, 5.41) is 9.89. The van der Waals surface area contributed by atoms with E-state index in [1.54, 1.807) is 0 Å². The third kappa shape index (κ3) is 3.70. The highest BCUT2D eigenvalue weighted by atomic mass is 16.3. The molecule has 1 aromatic heterocycles. The monoisotopic (exact) mass is 250 g/mol. The fourth-order valence-corrected chi connectivity index (χ4v) is 2.19. The molecule has 0 saturated heterocycles. The fraction of sp³-hybridized carbons (Fsp3) is 0.667. The van der Waals surface area contributed by atoms with E-state index < -0.39 is 6.10 Å². The molecule has 1 aromatic rings. The van der Waals surface area contributed by atoms with Gasteiger partial charge >= 0.3 is 0 Å². The summed E-state index contributed by atoms with van der Waals surface area (Å²) < 4.78 is 0. The van der Waals surface area contributed by atoms with Crippen LogP contribution in [0.2, 0.25) is 0 Å². The molecule has 1 unspecified atom stereocenters. The van der Waals surface area contributed by atoms with Crippen LogP contribution >= 0.6 is 0 Å². The summed E-state index contributed by atoms with van der Waals surface area (Å²) in [6.45, 7) is 10.4. The Morgan fingerprint density at radius 1 is 1.17 bits per heavy atom. The van der Waals surface area contributed by atoms with Gasteiger partial charge in [-0.2, -0.15) is 0 Å². The molecule has 102 valence electrons. The molecule has 0 saturated carbocycles. The highest BCUT2D eigenvalue weighted by Crippen LogP contribution is 2.22. The number of aromatic nitrogens is 1. The van der Waals surface area contributed by atoms with Crippen LogP contribution in [0, 0.1) is 6.92 Å². The van der Waals surface area contributed by atoms with Crippen molar-refractivity contribution in [1.82, 2.24) is 4.98 Å². The summed E-state index contributed by atoms with van der Waals surface area (Å²) in [6.07, 6.45) is 2.59. The summed E-state index contributed by atoms with van der Waals surface area (Å²) in [6, 6.07) is 4.05. The number of hydrogen-bond acceptors (Lipinski definition) is 3. The number of rotatable bonds is 7. The number of aliphatic hydroxyl groups excluding tert-OH is 1. The number of nitrogens with zero attached hydrogens (tertiary/aromatic N) is 2. The van der Waals surface area contributed by atoms with Crippen LogP contribution in [0.4, 0.5) is 5.82 Å². The molecule has 0 radical (unpaired) electrons. The second kappa shape index (κ2) is 7.37. The minimum Gasteiger partial charge on any atom is -0.388 e. The molecule has 3 nitrogen and oxygen atoms in total. The van der Waals surface area contributed by atoms with Gasteiger partial charge in [-0.05, 0) is 32.3 Å². The first-order valence-corrected chi connectivity index (χ1v) is 7.04. The van der Waals surface area contributed by atoms with Crippen LogP contribution in [0.15, 0.2) is 12.1 Å². The molecule has 0 aliphatic heterocycles. The summed E-state index contributed by atoms with van der Waals surface area (Å²) in [7, 11) is 0. The van der Waals surface area contributed by atoms with E-state index in [-0.39, 0.29) is 0 Å². The van der Waals surface area contributed by atoms with Crippen LogP contribution in [0.25, 0.3) is 0 Å². The second-order valence-corrected chi connectivity index (χ2v) is 4.76. The van der Waals surface area contributed by atoms with Crippen molar-refractivity contribution < 1.29 is 5.11 Å². The third-order valence-corrected chi connectivity index (χ3v) is 3.17. The summed E-state index contributed by atoms with van der Waals surface area (Å²) in [5.41, 5.74) is 1.90. The van der Waals surface area contributed by atoms with E-state index in [0.29, 0.717) is 0 Å². The van der Waals surface area contributed by atoms with Crippen LogP contribution in [0.5, 0.6) is 0 Å².